The third-order valence-electron chi connectivity index (χ3n) is 7.72. The number of hydrogen-bond acceptors (Lipinski definition) is 4. The molecule has 6 aromatic rings. The van der Waals surface area contributed by atoms with Gasteiger partial charge in [0, 0.05) is 26.2 Å². The maximum atomic E-state index is 10.0. The summed E-state index contributed by atoms with van der Waals surface area (Å²) in [6.45, 7) is 9.64. The normalized spacial score (nSPS) is 12.1. The Hall–Kier alpha value is -3.51. The van der Waals surface area contributed by atoms with E-state index in [1.54, 1.807) is 0 Å². The minimum atomic E-state index is -1.87. The molecule has 0 aliphatic heterocycles. The molecule has 0 saturated heterocycles. The minimum absolute atomic E-state index is 0. The molecule has 0 unspecified atom stereocenters. The Morgan fingerprint density at radius 3 is 2.18 bits per heavy atom. The number of pyridine rings is 1. The summed E-state index contributed by atoms with van der Waals surface area (Å²) in [7, 11) is 0. The number of allylic oxidation sites excluding steroid dienone is 2. The number of aliphatic hydroxyl groups is 1. The molecule has 0 spiro atoms. The van der Waals surface area contributed by atoms with E-state index in [0.29, 0.717) is 0 Å². The predicted octanol–water partition coefficient (Wildman–Crippen LogP) is 10.1. The molecule has 0 amide bonds. The zero-order valence-electron chi connectivity index (χ0n) is 27.2. The molecule has 4 nitrogen and oxygen atoms in total. The van der Waals surface area contributed by atoms with Gasteiger partial charge in [0.05, 0.1) is 5.76 Å². The standard InChI is InChI=1S/C34H32GeNO.C5H8O2.Ir/c1-34(2,3)29-21-24(20-23-10-7-8-11-26(23)29)32-31-28-13-9-12-27(33(28)37-30(31)18-19-36-32)22-14-16-25(17-15-22)35(4,5)6;1-4(6)3-5(2)7;/h7-19,21H,1-6H3;3,6H,1-2H3;/q-1;;/b;4-3-;. The first-order chi connectivity index (χ1) is 20.7. The Bertz CT molecular complexity index is 2020. The van der Waals surface area contributed by atoms with E-state index in [0.717, 1.165) is 44.1 Å². The summed E-state index contributed by atoms with van der Waals surface area (Å²) in [4.78, 5) is 14.9. The van der Waals surface area contributed by atoms with Crippen LogP contribution in [0.5, 0.6) is 0 Å². The van der Waals surface area contributed by atoms with Crippen LogP contribution >= 0.6 is 0 Å². The number of fused-ring (bicyclic) bond motifs is 4. The van der Waals surface area contributed by atoms with E-state index < -0.39 is 13.3 Å². The van der Waals surface area contributed by atoms with Crippen molar-refractivity contribution in [1.29, 1.82) is 0 Å². The fourth-order valence-corrected chi connectivity index (χ4v) is 8.04. The SMILES string of the molecule is CC(=O)/C=C(/C)O.CC(C)(C)c1cc(-c2nccc3oc4c(-c5cc[c]([Ge]([CH3])([CH3])[CH3])cc5)cccc4c23)[c-]c2ccccc12.[Ir]. The second-order valence-electron chi connectivity index (χ2n) is 13.4. The molecule has 1 radical (unpaired) electrons. The molecule has 1 N–H and O–H groups in total. The fraction of sp³-hybridized carbons (Fsp3) is 0.231. The Labute approximate surface area is 282 Å². The molecule has 45 heavy (non-hydrogen) atoms. The molecule has 6 rings (SSSR count). The summed E-state index contributed by atoms with van der Waals surface area (Å²) < 4.78 is 8.05. The van der Waals surface area contributed by atoms with E-state index in [9.17, 15) is 4.79 Å². The third-order valence-corrected chi connectivity index (χ3v) is 12.1. The average molecular weight is 836 g/mol. The first-order valence-corrected chi connectivity index (χ1v) is 22.3. The van der Waals surface area contributed by atoms with E-state index in [4.69, 9.17) is 14.5 Å². The summed E-state index contributed by atoms with van der Waals surface area (Å²) in [5.74, 6) is 7.22. The molecule has 4 aromatic carbocycles. The Balaban J connectivity index is 0.000000519. The number of para-hydroxylation sites is 1. The van der Waals surface area contributed by atoms with Crippen molar-refractivity contribution in [3.05, 3.63) is 109 Å². The molecule has 2 heterocycles. The second kappa shape index (κ2) is 13.5. The van der Waals surface area contributed by atoms with Gasteiger partial charge in [0.2, 0.25) is 0 Å². The minimum Gasteiger partial charge on any atom is -0.118 e. The zero-order valence-corrected chi connectivity index (χ0v) is 31.7. The zero-order chi connectivity index (χ0) is 31.8. The van der Waals surface area contributed by atoms with Gasteiger partial charge >= 0.3 is 166 Å². The van der Waals surface area contributed by atoms with Gasteiger partial charge in [0.25, 0.3) is 0 Å². The average Bonchev–Trinajstić information content (AvgIpc) is 3.34. The van der Waals surface area contributed by atoms with Crippen LogP contribution in [0, 0.1) is 6.07 Å². The van der Waals surface area contributed by atoms with Crippen molar-refractivity contribution in [1.82, 2.24) is 4.98 Å². The van der Waals surface area contributed by atoms with Crippen LogP contribution in [0.2, 0.25) is 17.3 Å². The molecule has 0 atom stereocenters. The van der Waals surface area contributed by atoms with E-state index in [1.165, 1.54) is 40.8 Å². The number of furan rings is 1. The Morgan fingerprint density at radius 2 is 1.58 bits per heavy atom. The van der Waals surface area contributed by atoms with Crippen molar-refractivity contribution in [2.75, 3.05) is 0 Å². The molecule has 6 heteroatoms. The van der Waals surface area contributed by atoms with Gasteiger partial charge in [-0.25, -0.2) is 0 Å². The molecule has 0 fully saturated rings. The summed E-state index contributed by atoms with van der Waals surface area (Å²) in [5.41, 5.74) is 7.28. The van der Waals surface area contributed by atoms with Gasteiger partial charge in [-0.15, -0.1) is 6.07 Å². The predicted molar refractivity (Wildman–Crippen MR) is 187 cm³/mol. The molecule has 0 aliphatic carbocycles. The number of hydrogen-bond donors (Lipinski definition) is 1. The smallest absolute Gasteiger partial charge is 0.118 e. The Morgan fingerprint density at radius 1 is 0.911 bits per heavy atom. The maximum absolute atomic E-state index is 10.0. The van der Waals surface area contributed by atoms with Crippen molar-refractivity contribution in [3.63, 3.8) is 0 Å². The molecule has 233 valence electrons. The third kappa shape index (κ3) is 7.49. The van der Waals surface area contributed by atoms with E-state index in [1.807, 2.05) is 12.3 Å². The van der Waals surface area contributed by atoms with Crippen LogP contribution in [0.3, 0.4) is 0 Å². The van der Waals surface area contributed by atoms with Crippen LogP contribution in [0.4, 0.5) is 0 Å². The van der Waals surface area contributed by atoms with Gasteiger partial charge in [0.15, 0.2) is 5.78 Å². The van der Waals surface area contributed by atoms with Crippen LogP contribution in [0.15, 0.2) is 101 Å². The number of carbonyl (C=O) groups is 1. The number of nitrogens with zero attached hydrogens (tertiary/aromatic N) is 1. The van der Waals surface area contributed by atoms with Crippen molar-refractivity contribution in [2.45, 2.75) is 57.3 Å². The summed E-state index contributed by atoms with van der Waals surface area (Å²) in [6, 6.07) is 32.0. The van der Waals surface area contributed by atoms with Crippen molar-refractivity contribution < 1.29 is 34.4 Å². The first-order valence-electron chi connectivity index (χ1n) is 15.0. The van der Waals surface area contributed by atoms with Crippen LogP contribution in [-0.4, -0.2) is 29.1 Å². The van der Waals surface area contributed by atoms with E-state index >= 15 is 0 Å². The van der Waals surface area contributed by atoms with Crippen LogP contribution < -0.4 is 4.40 Å². The topological polar surface area (TPSA) is 63.3 Å². The molecule has 2 aromatic heterocycles. The number of benzene rings is 4. The molecule has 0 bridgehead atoms. The van der Waals surface area contributed by atoms with Gasteiger partial charge < -0.3 is 5.11 Å². The first kappa shape index (κ1) is 34.4. The number of carbonyl (C=O) groups excluding carboxylic acids is 1. The molecule has 0 aliphatic rings. The van der Waals surface area contributed by atoms with Crippen LogP contribution in [-0.2, 0) is 30.3 Å². The quantitative estimate of drug-likeness (QED) is 0.0832. The fourth-order valence-electron chi connectivity index (χ4n) is 5.60. The Kier molecular flexibility index (Phi) is 10.3. The van der Waals surface area contributed by atoms with Crippen molar-refractivity contribution >= 4 is 56.2 Å². The number of rotatable bonds is 4. The van der Waals surface area contributed by atoms with Crippen LogP contribution in [0.1, 0.15) is 40.2 Å². The van der Waals surface area contributed by atoms with Gasteiger partial charge in [-0.3, -0.25) is 4.79 Å². The number of ketones is 1. The summed E-state index contributed by atoms with van der Waals surface area (Å²) >= 11 is -1.87. The van der Waals surface area contributed by atoms with Gasteiger partial charge in [-0.05, 0) is 19.3 Å². The number of aliphatic hydroxyl groups excluding tert-OH is 1. The van der Waals surface area contributed by atoms with E-state index in [2.05, 4.69) is 117 Å². The monoisotopic (exact) mass is 837 g/mol. The molecular formula is C39H40GeIrNO3-. The van der Waals surface area contributed by atoms with E-state index in [-0.39, 0.29) is 37.1 Å². The van der Waals surface area contributed by atoms with Crippen molar-refractivity contribution in [3.8, 4) is 22.4 Å². The van der Waals surface area contributed by atoms with Gasteiger partial charge in [-0.1, -0.05) is 44.4 Å². The second-order valence-corrected chi connectivity index (χ2v) is 24.1. The van der Waals surface area contributed by atoms with Gasteiger partial charge in [0.1, 0.15) is 0 Å². The summed E-state index contributed by atoms with van der Waals surface area (Å²) in [5, 5.41) is 12.9. The molecule has 0 saturated carbocycles. The summed E-state index contributed by atoms with van der Waals surface area (Å²) in [6.07, 6.45) is 3.02. The van der Waals surface area contributed by atoms with Gasteiger partial charge in [-0.2, -0.15) is 0 Å². The van der Waals surface area contributed by atoms with Crippen LogP contribution in [0.25, 0.3) is 55.1 Å². The number of aromatic nitrogens is 1. The molecular weight excluding hydrogens is 795 g/mol. The van der Waals surface area contributed by atoms with Crippen molar-refractivity contribution in [2.24, 2.45) is 0 Å².